The van der Waals surface area contributed by atoms with Crippen LogP contribution in [0.15, 0.2) is 29.3 Å². The van der Waals surface area contributed by atoms with E-state index in [9.17, 15) is 9.59 Å². The van der Waals surface area contributed by atoms with Crippen molar-refractivity contribution in [1.29, 1.82) is 0 Å². The van der Waals surface area contributed by atoms with Crippen molar-refractivity contribution >= 4 is 17.8 Å². The Labute approximate surface area is 193 Å². The molecule has 2 aliphatic rings. The van der Waals surface area contributed by atoms with Crippen molar-refractivity contribution in [3.05, 3.63) is 35.4 Å². The van der Waals surface area contributed by atoms with Crippen molar-refractivity contribution in [1.82, 2.24) is 10.2 Å². The molecule has 0 aromatic heterocycles. The molecule has 3 rings (SSSR count). The van der Waals surface area contributed by atoms with Crippen molar-refractivity contribution in [2.45, 2.75) is 103 Å². The quantitative estimate of drug-likeness (QED) is 0.525. The van der Waals surface area contributed by atoms with Crippen LogP contribution in [0.1, 0.15) is 95.6 Å². The molecule has 6 nitrogen and oxygen atoms in total. The monoisotopic (exact) mass is 440 g/mol. The molecule has 0 radical (unpaired) electrons. The number of carbonyl (C=O) groups excluding carboxylic acids is 2. The van der Waals surface area contributed by atoms with Crippen LogP contribution in [0.3, 0.4) is 0 Å². The molecule has 1 aromatic carbocycles. The van der Waals surface area contributed by atoms with E-state index in [0.29, 0.717) is 31.4 Å². The minimum absolute atomic E-state index is 0.0737. The molecule has 1 aromatic rings. The van der Waals surface area contributed by atoms with Crippen LogP contribution in [-0.4, -0.2) is 28.2 Å². The fraction of sp³-hybridized carbons (Fsp3) is 0.654. The zero-order chi connectivity index (χ0) is 23.0. The standard InChI is InChI=1S/C26H40N4O2/c1-3-5-16-26(17-20-10-7-6-8-11-20)24(32)30(25(27)29-26)19-22-14-12-21(13-15-22)18-28-23(31)9-4-2/h12-15,20H,3-11,16-19H2,1-2H3,(H2,27,29)(H,28,31). The van der Waals surface area contributed by atoms with Gasteiger partial charge in [0.2, 0.25) is 5.91 Å². The van der Waals surface area contributed by atoms with Gasteiger partial charge in [-0.3, -0.25) is 14.5 Å². The Balaban J connectivity index is 1.65. The number of nitrogens with one attached hydrogen (secondary N) is 1. The molecule has 1 heterocycles. The van der Waals surface area contributed by atoms with Gasteiger partial charge in [0.25, 0.3) is 5.91 Å². The van der Waals surface area contributed by atoms with Crippen LogP contribution in [0.5, 0.6) is 0 Å². The fourth-order valence-electron chi connectivity index (χ4n) is 5.03. The molecule has 0 spiro atoms. The van der Waals surface area contributed by atoms with Gasteiger partial charge in [-0.05, 0) is 36.3 Å². The van der Waals surface area contributed by atoms with Gasteiger partial charge in [-0.25, -0.2) is 4.99 Å². The summed E-state index contributed by atoms with van der Waals surface area (Å²) in [7, 11) is 0. The highest BCUT2D eigenvalue weighted by atomic mass is 16.2. The van der Waals surface area contributed by atoms with Gasteiger partial charge < -0.3 is 11.1 Å². The molecule has 6 heteroatoms. The number of benzene rings is 1. The number of nitrogens with two attached hydrogens (primary N) is 1. The normalized spacial score (nSPS) is 21.6. The SMILES string of the molecule is CCCCC1(CC2CCCCC2)N=C(N)N(Cc2ccc(CNC(=O)CCC)cc2)C1=O. The summed E-state index contributed by atoms with van der Waals surface area (Å²) >= 11 is 0. The van der Waals surface area contributed by atoms with Crippen molar-refractivity contribution in [2.24, 2.45) is 16.6 Å². The predicted octanol–water partition coefficient (Wildman–Crippen LogP) is 4.66. The van der Waals surface area contributed by atoms with Crippen LogP contribution in [0.25, 0.3) is 0 Å². The molecular weight excluding hydrogens is 400 g/mol. The minimum atomic E-state index is -0.675. The Kier molecular flexibility index (Phi) is 8.71. The molecule has 1 atom stereocenters. The van der Waals surface area contributed by atoms with Gasteiger partial charge in [0.15, 0.2) is 5.96 Å². The average molecular weight is 441 g/mol. The van der Waals surface area contributed by atoms with E-state index >= 15 is 0 Å². The predicted molar refractivity (Wildman–Crippen MR) is 129 cm³/mol. The summed E-state index contributed by atoms with van der Waals surface area (Å²) in [5, 5.41) is 2.93. The highest BCUT2D eigenvalue weighted by Gasteiger charge is 2.48. The number of rotatable bonds is 11. The van der Waals surface area contributed by atoms with Crippen LogP contribution in [0.4, 0.5) is 0 Å². The first-order valence-corrected chi connectivity index (χ1v) is 12.5. The van der Waals surface area contributed by atoms with Gasteiger partial charge in [0.05, 0.1) is 6.54 Å². The Hall–Kier alpha value is -2.37. The molecule has 0 saturated heterocycles. The third-order valence-corrected chi connectivity index (χ3v) is 6.87. The first-order valence-electron chi connectivity index (χ1n) is 12.5. The molecule has 1 aliphatic heterocycles. The molecule has 1 fully saturated rings. The maximum absolute atomic E-state index is 13.6. The summed E-state index contributed by atoms with van der Waals surface area (Å²) in [5.74, 6) is 1.08. The van der Waals surface area contributed by atoms with Gasteiger partial charge in [0, 0.05) is 13.0 Å². The molecule has 176 valence electrons. The summed E-state index contributed by atoms with van der Waals surface area (Å²) in [6.07, 6.45) is 11.3. The topological polar surface area (TPSA) is 87.8 Å². The van der Waals surface area contributed by atoms with E-state index in [2.05, 4.69) is 12.2 Å². The lowest BCUT2D eigenvalue weighted by Crippen LogP contribution is -2.45. The highest BCUT2D eigenvalue weighted by Crippen LogP contribution is 2.39. The lowest BCUT2D eigenvalue weighted by molar-refractivity contribution is -0.132. The second-order valence-corrected chi connectivity index (χ2v) is 9.55. The maximum atomic E-state index is 13.6. The van der Waals surface area contributed by atoms with Crippen LogP contribution in [0.2, 0.25) is 0 Å². The molecule has 1 aliphatic carbocycles. The first kappa shape index (κ1) is 24.3. The fourth-order valence-corrected chi connectivity index (χ4v) is 5.03. The van der Waals surface area contributed by atoms with Crippen molar-refractivity contribution in [3.63, 3.8) is 0 Å². The summed E-state index contributed by atoms with van der Waals surface area (Å²) < 4.78 is 0. The minimum Gasteiger partial charge on any atom is -0.369 e. The average Bonchev–Trinajstić information content (AvgIpc) is 3.02. The Morgan fingerprint density at radius 3 is 2.47 bits per heavy atom. The molecule has 2 amide bonds. The number of amides is 2. The van der Waals surface area contributed by atoms with Crippen molar-refractivity contribution in [2.75, 3.05) is 0 Å². The Bertz CT molecular complexity index is 799. The zero-order valence-corrected chi connectivity index (χ0v) is 19.9. The second kappa shape index (κ2) is 11.5. The number of unbranched alkanes of at least 4 members (excludes halogenated alkanes) is 1. The van der Waals surface area contributed by atoms with Crippen LogP contribution >= 0.6 is 0 Å². The Morgan fingerprint density at radius 2 is 1.81 bits per heavy atom. The van der Waals surface area contributed by atoms with E-state index in [4.69, 9.17) is 10.7 Å². The largest absolute Gasteiger partial charge is 0.369 e. The smallest absolute Gasteiger partial charge is 0.257 e. The summed E-state index contributed by atoms with van der Waals surface area (Å²) in [5.41, 5.74) is 7.70. The van der Waals surface area contributed by atoms with Gasteiger partial charge in [-0.1, -0.05) is 83.1 Å². The molecule has 32 heavy (non-hydrogen) atoms. The highest BCUT2D eigenvalue weighted by molar-refractivity contribution is 6.06. The van der Waals surface area contributed by atoms with E-state index in [0.717, 1.165) is 43.2 Å². The third-order valence-electron chi connectivity index (χ3n) is 6.87. The van der Waals surface area contributed by atoms with Gasteiger partial charge in [-0.15, -0.1) is 0 Å². The van der Waals surface area contributed by atoms with Crippen LogP contribution < -0.4 is 11.1 Å². The van der Waals surface area contributed by atoms with Gasteiger partial charge >= 0.3 is 0 Å². The second-order valence-electron chi connectivity index (χ2n) is 9.55. The van der Waals surface area contributed by atoms with E-state index in [1.54, 1.807) is 4.90 Å². The van der Waals surface area contributed by atoms with Crippen LogP contribution in [-0.2, 0) is 22.7 Å². The summed E-state index contributed by atoms with van der Waals surface area (Å²) in [6.45, 7) is 5.11. The molecule has 3 N–H and O–H groups in total. The number of carbonyl (C=O) groups is 2. The van der Waals surface area contributed by atoms with E-state index < -0.39 is 5.54 Å². The number of hydrogen-bond donors (Lipinski definition) is 2. The number of nitrogens with zero attached hydrogens (tertiary/aromatic N) is 2. The summed E-state index contributed by atoms with van der Waals surface area (Å²) in [6, 6.07) is 8.02. The molecular formula is C26H40N4O2. The maximum Gasteiger partial charge on any atom is 0.257 e. The lowest BCUT2D eigenvalue weighted by Gasteiger charge is -2.32. The lowest BCUT2D eigenvalue weighted by atomic mass is 9.77. The van der Waals surface area contributed by atoms with Crippen LogP contribution in [0, 0.1) is 5.92 Å². The van der Waals surface area contributed by atoms with Crippen molar-refractivity contribution < 1.29 is 9.59 Å². The Morgan fingerprint density at radius 1 is 1.12 bits per heavy atom. The number of aliphatic imine (C=N–C) groups is 1. The zero-order valence-electron chi connectivity index (χ0n) is 19.9. The molecule has 1 saturated carbocycles. The number of hydrogen-bond acceptors (Lipinski definition) is 4. The molecule has 0 bridgehead atoms. The van der Waals surface area contributed by atoms with Gasteiger partial charge in [0.1, 0.15) is 5.54 Å². The van der Waals surface area contributed by atoms with E-state index in [1.165, 1.54) is 32.1 Å². The number of guanidine groups is 1. The van der Waals surface area contributed by atoms with E-state index in [-0.39, 0.29) is 11.8 Å². The molecule has 1 unspecified atom stereocenters. The summed E-state index contributed by atoms with van der Waals surface area (Å²) in [4.78, 5) is 31.8. The van der Waals surface area contributed by atoms with Crippen molar-refractivity contribution in [3.8, 4) is 0 Å². The van der Waals surface area contributed by atoms with Gasteiger partial charge in [-0.2, -0.15) is 0 Å². The third kappa shape index (κ3) is 6.11. The first-order chi connectivity index (χ1) is 15.5. The van der Waals surface area contributed by atoms with E-state index in [1.807, 2.05) is 31.2 Å².